The summed E-state index contributed by atoms with van der Waals surface area (Å²) in [5, 5.41) is 6.58. The molecule has 0 aliphatic rings. The summed E-state index contributed by atoms with van der Waals surface area (Å²) >= 11 is 0. The summed E-state index contributed by atoms with van der Waals surface area (Å²) in [6, 6.07) is 17.4. The lowest BCUT2D eigenvalue weighted by molar-refractivity contribution is 0.0931. The van der Waals surface area contributed by atoms with E-state index < -0.39 is 5.91 Å². The standard InChI is InChI=1S/C22H30N4O2/c1-3-24-22(26-14-19-10-7-11-20(12-19)21(23)27)25-13-17(2)15-28-16-18-8-5-4-6-9-18/h4-12,17H,3,13-16H2,1-2H3,(H2,23,27)(H2,24,25,26). The molecule has 0 saturated heterocycles. The molecule has 0 spiro atoms. The molecule has 1 atom stereocenters. The zero-order valence-electron chi connectivity index (χ0n) is 16.7. The molecule has 4 N–H and O–H groups in total. The van der Waals surface area contributed by atoms with Gasteiger partial charge in [0.25, 0.3) is 0 Å². The number of hydrogen-bond acceptors (Lipinski definition) is 3. The number of ether oxygens (including phenoxy) is 1. The van der Waals surface area contributed by atoms with E-state index in [4.69, 9.17) is 10.5 Å². The Morgan fingerprint density at radius 2 is 1.86 bits per heavy atom. The van der Waals surface area contributed by atoms with Crippen LogP contribution in [0.15, 0.2) is 59.6 Å². The number of nitrogens with zero attached hydrogens (tertiary/aromatic N) is 1. The highest BCUT2D eigenvalue weighted by Gasteiger charge is 2.06. The van der Waals surface area contributed by atoms with Gasteiger partial charge >= 0.3 is 0 Å². The number of guanidine groups is 1. The molecule has 0 aliphatic heterocycles. The molecule has 0 radical (unpaired) electrons. The first-order valence-electron chi connectivity index (χ1n) is 9.61. The van der Waals surface area contributed by atoms with E-state index in [9.17, 15) is 4.79 Å². The van der Waals surface area contributed by atoms with Crippen molar-refractivity contribution in [2.24, 2.45) is 16.6 Å². The second kappa shape index (κ2) is 11.8. The summed E-state index contributed by atoms with van der Waals surface area (Å²) < 4.78 is 5.79. The first-order valence-corrected chi connectivity index (χ1v) is 9.61. The number of carbonyl (C=O) groups is 1. The molecule has 0 heterocycles. The van der Waals surface area contributed by atoms with Crippen LogP contribution in [0.3, 0.4) is 0 Å². The first-order chi connectivity index (χ1) is 13.6. The van der Waals surface area contributed by atoms with Crippen LogP contribution in [0, 0.1) is 5.92 Å². The molecule has 0 saturated carbocycles. The van der Waals surface area contributed by atoms with Crippen molar-refractivity contribution in [2.75, 3.05) is 19.7 Å². The summed E-state index contributed by atoms with van der Waals surface area (Å²) in [5.41, 5.74) is 7.94. The van der Waals surface area contributed by atoms with E-state index in [-0.39, 0.29) is 0 Å². The zero-order chi connectivity index (χ0) is 20.2. The Bertz CT molecular complexity index is 762. The minimum atomic E-state index is -0.430. The highest BCUT2D eigenvalue weighted by molar-refractivity contribution is 5.92. The average Bonchev–Trinajstić information content (AvgIpc) is 2.71. The maximum absolute atomic E-state index is 11.3. The highest BCUT2D eigenvalue weighted by atomic mass is 16.5. The third-order valence-electron chi connectivity index (χ3n) is 4.11. The first kappa shape index (κ1) is 21.4. The van der Waals surface area contributed by atoms with Crippen molar-refractivity contribution in [1.82, 2.24) is 10.6 Å². The van der Waals surface area contributed by atoms with Gasteiger partial charge in [-0.1, -0.05) is 49.4 Å². The van der Waals surface area contributed by atoms with Crippen molar-refractivity contribution >= 4 is 11.9 Å². The number of hydrogen-bond donors (Lipinski definition) is 3. The Balaban J connectivity index is 1.80. The fourth-order valence-electron chi connectivity index (χ4n) is 2.62. The van der Waals surface area contributed by atoms with Gasteiger partial charge in [0.2, 0.25) is 5.91 Å². The van der Waals surface area contributed by atoms with Gasteiger partial charge in [0.15, 0.2) is 5.96 Å². The number of primary amides is 1. The van der Waals surface area contributed by atoms with Gasteiger partial charge in [0.1, 0.15) is 0 Å². The number of benzene rings is 2. The van der Waals surface area contributed by atoms with E-state index in [1.807, 2.05) is 37.3 Å². The van der Waals surface area contributed by atoms with Crippen LogP contribution in [0.2, 0.25) is 0 Å². The van der Waals surface area contributed by atoms with E-state index >= 15 is 0 Å². The van der Waals surface area contributed by atoms with Crippen LogP contribution in [-0.2, 0) is 17.9 Å². The molecule has 0 bridgehead atoms. The topological polar surface area (TPSA) is 88.7 Å². The third-order valence-corrected chi connectivity index (χ3v) is 4.11. The van der Waals surface area contributed by atoms with Crippen molar-refractivity contribution in [3.05, 3.63) is 71.3 Å². The molecule has 6 nitrogen and oxygen atoms in total. The van der Waals surface area contributed by atoms with Crippen LogP contribution in [0.25, 0.3) is 0 Å². The van der Waals surface area contributed by atoms with Crippen LogP contribution < -0.4 is 16.4 Å². The van der Waals surface area contributed by atoms with E-state index in [1.165, 1.54) is 5.56 Å². The number of nitrogens with two attached hydrogens (primary N) is 1. The fraction of sp³-hybridized carbons (Fsp3) is 0.364. The van der Waals surface area contributed by atoms with Gasteiger partial charge in [-0.3, -0.25) is 4.79 Å². The maximum atomic E-state index is 11.3. The predicted molar refractivity (Wildman–Crippen MR) is 113 cm³/mol. The quantitative estimate of drug-likeness (QED) is 0.435. The molecule has 2 aromatic rings. The number of aliphatic imine (C=N–C) groups is 1. The maximum Gasteiger partial charge on any atom is 0.248 e. The number of rotatable bonds is 10. The van der Waals surface area contributed by atoms with Crippen LogP contribution in [-0.4, -0.2) is 31.6 Å². The van der Waals surface area contributed by atoms with E-state index in [0.717, 1.165) is 24.6 Å². The van der Waals surface area contributed by atoms with Gasteiger partial charge in [-0.2, -0.15) is 0 Å². The molecule has 0 aromatic heterocycles. The summed E-state index contributed by atoms with van der Waals surface area (Å²) in [6.07, 6.45) is 0. The lowest BCUT2D eigenvalue weighted by Gasteiger charge is -2.16. The fourth-order valence-corrected chi connectivity index (χ4v) is 2.62. The van der Waals surface area contributed by atoms with Crippen LogP contribution in [0.1, 0.15) is 35.3 Å². The van der Waals surface area contributed by atoms with Gasteiger partial charge in [-0.25, -0.2) is 4.99 Å². The Kier molecular flexibility index (Phi) is 9.01. The molecule has 6 heteroatoms. The Morgan fingerprint density at radius 3 is 2.57 bits per heavy atom. The summed E-state index contributed by atoms with van der Waals surface area (Å²) in [6.45, 7) is 7.44. The van der Waals surface area contributed by atoms with Gasteiger partial charge in [-0.15, -0.1) is 0 Å². The van der Waals surface area contributed by atoms with E-state index in [2.05, 4.69) is 34.7 Å². The molecular weight excluding hydrogens is 352 g/mol. The minimum absolute atomic E-state index is 0.339. The van der Waals surface area contributed by atoms with E-state index in [1.54, 1.807) is 12.1 Å². The van der Waals surface area contributed by atoms with Crippen LogP contribution >= 0.6 is 0 Å². The smallest absolute Gasteiger partial charge is 0.248 e. The number of carbonyl (C=O) groups excluding carboxylic acids is 1. The Morgan fingerprint density at radius 1 is 1.11 bits per heavy atom. The molecule has 28 heavy (non-hydrogen) atoms. The van der Waals surface area contributed by atoms with Crippen molar-refractivity contribution in [3.63, 3.8) is 0 Å². The third kappa shape index (κ3) is 7.80. The second-order valence-electron chi connectivity index (χ2n) is 6.75. The van der Waals surface area contributed by atoms with Gasteiger partial charge in [0, 0.05) is 18.7 Å². The molecular formula is C22H30N4O2. The molecule has 2 rings (SSSR count). The van der Waals surface area contributed by atoms with E-state index in [0.29, 0.717) is 31.2 Å². The molecule has 1 unspecified atom stereocenters. The average molecular weight is 383 g/mol. The lowest BCUT2D eigenvalue weighted by atomic mass is 10.1. The molecule has 2 aromatic carbocycles. The molecule has 1 amide bonds. The molecule has 150 valence electrons. The van der Waals surface area contributed by atoms with Crippen LogP contribution in [0.5, 0.6) is 0 Å². The lowest BCUT2D eigenvalue weighted by Crippen LogP contribution is -2.40. The van der Waals surface area contributed by atoms with Gasteiger partial charge in [0.05, 0.1) is 19.8 Å². The summed E-state index contributed by atoms with van der Waals surface area (Å²) in [5.74, 6) is 0.646. The Hall–Kier alpha value is -2.86. The SMILES string of the molecule is CCNC(=NCc1cccc(C(N)=O)c1)NCC(C)COCc1ccccc1. The van der Waals surface area contributed by atoms with Crippen molar-refractivity contribution < 1.29 is 9.53 Å². The molecule has 0 fully saturated rings. The van der Waals surface area contributed by atoms with Crippen molar-refractivity contribution in [1.29, 1.82) is 0 Å². The van der Waals surface area contributed by atoms with Crippen molar-refractivity contribution in [3.8, 4) is 0 Å². The highest BCUT2D eigenvalue weighted by Crippen LogP contribution is 2.06. The van der Waals surface area contributed by atoms with Crippen molar-refractivity contribution in [2.45, 2.75) is 27.0 Å². The monoisotopic (exact) mass is 382 g/mol. The Labute approximate surface area is 167 Å². The van der Waals surface area contributed by atoms with Crippen LogP contribution in [0.4, 0.5) is 0 Å². The normalized spacial score (nSPS) is 12.4. The largest absolute Gasteiger partial charge is 0.376 e. The zero-order valence-corrected chi connectivity index (χ0v) is 16.7. The van der Waals surface area contributed by atoms with Gasteiger partial charge < -0.3 is 21.1 Å². The summed E-state index contributed by atoms with van der Waals surface area (Å²) in [4.78, 5) is 15.9. The van der Waals surface area contributed by atoms with Gasteiger partial charge in [-0.05, 0) is 36.1 Å². The number of nitrogens with one attached hydrogen (secondary N) is 2. The minimum Gasteiger partial charge on any atom is -0.376 e. The molecule has 0 aliphatic carbocycles. The number of amides is 1. The summed E-state index contributed by atoms with van der Waals surface area (Å²) in [7, 11) is 0. The predicted octanol–water partition coefficient (Wildman–Crippen LogP) is 2.69. The second-order valence-corrected chi connectivity index (χ2v) is 6.75.